The minimum Gasteiger partial charge on any atom is -0.344 e. The van der Waals surface area contributed by atoms with Gasteiger partial charge in [0, 0.05) is 12.6 Å². The van der Waals surface area contributed by atoms with Crippen molar-refractivity contribution in [1.82, 2.24) is 10.2 Å². The number of piperidine rings is 1. The fourth-order valence-electron chi connectivity index (χ4n) is 3.93. The molecule has 0 unspecified atom stereocenters. The maximum atomic E-state index is 14.4. The maximum Gasteiger partial charge on any atom is 0.256 e. The zero-order valence-electron chi connectivity index (χ0n) is 16.1. The molecule has 5 heteroatoms. The molecule has 148 valence electrons. The van der Waals surface area contributed by atoms with E-state index < -0.39 is 11.7 Å². The van der Waals surface area contributed by atoms with Crippen molar-refractivity contribution >= 4 is 17.5 Å². The smallest absolute Gasteiger partial charge is 0.256 e. The molecule has 1 N–H and O–H groups in total. The van der Waals surface area contributed by atoms with Crippen LogP contribution in [0, 0.1) is 12.7 Å². The number of rotatable bonds is 6. The van der Waals surface area contributed by atoms with Crippen LogP contribution in [0.4, 0.5) is 4.39 Å². The van der Waals surface area contributed by atoms with Crippen LogP contribution in [0.3, 0.4) is 0 Å². The summed E-state index contributed by atoms with van der Waals surface area (Å²) in [6, 6.07) is 12.6. The van der Waals surface area contributed by atoms with Gasteiger partial charge in [0.2, 0.25) is 0 Å². The lowest BCUT2D eigenvalue weighted by Gasteiger charge is -2.40. The number of benzene rings is 2. The average Bonchev–Trinajstić information content (AvgIpc) is 2.71. The molecule has 3 nitrogen and oxygen atoms in total. The Morgan fingerprint density at radius 1 is 1.32 bits per heavy atom. The van der Waals surface area contributed by atoms with Crippen LogP contribution in [0.5, 0.6) is 0 Å². The molecule has 3 rings (SSSR count). The number of carbonyl (C=O) groups is 1. The summed E-state index contributed by atoms with van der Waals surface area (Å²) >= 11 is 6.26. The van der Waals surface area contributed by atoms with Crippen molar-refractivity contribution in [2.24, 2.45) is 0 Å². The molecule has 0 saturated carbocycles. The summed E-state index contributed by atoms with van der Waals surface area (Å²) in [5.41, 5.74) is 1.59. The van der Waals surface area contributed by atoms with Gasteiger partial charge < -0.3 is 5.32 Å². The van der Waals surface area contributed by atoms with E-state index in [1.165, 1.54) is 6.07 Å². The van der Waals surface area contributed by atoms with Gasteiger partial charge in [-0.15, -0.1) is 6.58 Å². The standard InChI is InChI=1S/C23H26ClFN2O/c1-3-14-27-15-8-7-11-19(27)22(17-9-5-4-6-10-17)26-23(28)20-18(25)13-12-16(2)21(20)24/h3-6,9-10,12-13,19,22H,1,7-8,11,14-15H2,2H3,(H,26,28)/t19-,22-/m0/s1. The van der Waals surface area contributed by atoms with Gasteiger partial charge in [0.05, 0.1) is 16.6 Å². The zero-order valence-corrected chi connectivity index (χ0v) is 16.9. The third-order valence-corrected chi connectivity index (χ3v) is 5.86. The lowest BCUT2D eigenvalue weighted by molar-refractivity contribution is 0.0847. The molecule has 0 aromatic heterocycles. The molecule has 1 amide bonds. The summed E-state index contributed by atoms with van der Waals surface area (Å²) < 4.78 is 14.4. The molecule has 1 saturated heterocycles. The lowest BCUT2D eigenvalue weighted by atomic mass is 9.90. The van der Waals surface area contributed by atoms with Gasteiger partial charge in [-0.1, -0.05) is 60.5 Å². The van der Waals surface area contributed by atoms with Gasteiger partial charge in [-0.3, -0.25) is 9.69 Å². The Hall–Kier alpha value is -2.17. The first kappa shape index (κ1) is 20.6. The van der Waals surface area contributed by atoms with Crippen LogP contribution >= 0.6 is 11.6 Å². The number of nitrogens with one attached hydrogen (secondary N) is 1. The molecule has 1 fully saturated rings. The van der Waals surface area contributed by atoms with Crippen LogP contribution in [0.2, 0.25) is 5.02 Å². The van der Waals surface area contributed by atoms with Gasteiger partial charge >= 0.3 is 0 Å². The Morgan fingerprint density at radius 2 is 2.07 bits per heavy atom. The predicted molar refractivity (Wildman–Crippen MR) is 112 cm³/mol. The van der Waals surface area contributed by atoms with Crippen molar-refractivity contribution < 1.29 is 9.18 Å². The van der Waals surface area contributed by atoms with Crippen LogP contribution in [-0.2, 0) is 0 Å². The topological polar surface area (TPSA) is 32.3 Å². The van der Waals surface area contributed by atoms with E-state index in [2.05, 4.69) is 16.8 Å². The van der Waals surface area contributed by atoms with Gasteiger partial charge in [0.15, 0.2) is 0 Å². The zero-order chi connectivity index (χ0) is 20.1. The van der Waals surface area contributed by atoms with E-state index in [1.807, 2.05) is 36.4 Å². The average molecular weight is 401 g/mol. The summed E-state index contributed by atoms with van der Waals surface area (Å²) in [4.78, 5) is 15.4. The number of likely N-dealkylation sites (tertiary alicyclic amines) is 1. The molecule has 2 atom stereocenters. The molecule has 2 aromatic rings. The molecule has 1 aliphatic heterocycles. The van der Waals surface area contributed by atoms with Crippen LogP contribution in [0.15, 0.2) is 55.1 Å². The van der Waals surface area contributed by atoms with Crippen LogP contribution in [0.1, 0.15) is 46.8 Å². The Morgan fingerprint density at radius 3 is 2.79 bits per heavy atom. The SMILES string of the molecule is C=CCN1CCCC[C@H]1[C@@H](NC(=O)c1c(F)ccc(C)c1Cl)c1ccccc1. The molecular formula is C23H26ClFN2O. The van der Waals surface area contributed by atoms with Crippen molar-refractivity contribution in [1.29, 1.82) is 0 Å². The van der Waals surface area contributed by atoms with Crippen LogP contribution in [-0.4, -0.2) is 29.9 Å². The van der Waals surface area contributed by atoms with Crippen molar-refractivity contribution in [3.8, 4) is 0 Å². The molecule has 2 aromatic carbocycles. The first-order chi connectivity index (χ1) is 13.5. The highest BCUT2D eigenvalue weighted by Gasteiger charge is 2.32. The predicted octanol–water partition coefficient (Wildman–Crippen LogP) is 5.30. The summed E-state index contributed by atoms with van der Waals surface area (Å²) in [6.45, 7) is 7.34. The fourth-order valence-corrected chi connectivity index (χ4v) is 4.17. The van der Waals surface area contributed by atoms with Crippen molar-refractivity contribution in [3.05, 3.63) is 82.6 Å². The summed E-state index contributed by atoms with van der Waals surface area (Å²) in [5, 5.41) is 3.24. The fraction of sp³-hybridized carbons (Fsp3) is 0.348. The minimum atomic E-state index is -0.605. The van der Waals surface area contributed by atoms with E-state index in [9.17, 15) is 9.18 Å². The summed E-state index contributed by atoms with van der Waals surface area (Å²) in [7, 11) is 0. The Labute approximate surface area is 171 Å². The van der Waals surface area contributed by atoms with Crippen LogP contribution in [0.25, 0.3) is 0 Å². The third-order valence-electron chi connectivity index (χ3n) is 5.37. The van der Waals surface area contributed by atoms with E-state index >= 15 is 0 Å². The van der Waals surface area contributed by atoms with Crippen molar-refractivity contribution in [3.63, 3.8) is 0 Å². The van der Waals surface area contributed by atoms with Crippen LogP contribution < -0.4 is 5.32 Å². The number of aryl methyl sites for hydroxylation is 1. The molecule has 28 heavy (non-hydrogen) atoms. The number of amides is 1. The van der Waals surface area contributed by atoms with E-state index in [0.29, 0.717) is 5.56 Å². The molecule has 0 spiro atoms. The van der Waals surface area contributed by atoms with Gasteiger partial charge in [0.1, 0.15) is 5.82 Å². The second-order valence-corrected chi connectivity index (χ2v) is 7.64. The van der Waals surface area contributed by atoms with E-state index in [-0.39, 0.29) is 22.7 Å². The second-order valence-electron chi connectivity index (χ2n) is 7.26. The third kappa shape index (κ3) is 4.45. The highest BCUT2D eigenvalue weighted by Crippen LogP contribution is 2.30. The summed E-state index contributed by atoms with van der Waals surface area (Å²) in [6.07, 6.45) is 5.06. The summed E-state index contributed by atoms with van der Waals surface area (Å²) in [5.74, 6) is -1.09. The van der Waals surface area contributed by atoms with E-state index in [4.69, 9.17) is 11.6 Å². The first-order valence-electron chi connectivity index (χ1n) is 9.68. The molecule has 0 radical (unpaired) electrons. The molecule has 1 aliphatic rings. The lowest BCUT2D eigenvalue weighted by Crippen LogP contribution is -2.49. The quantitative estimate of drug-likeness (QED) is 0.667. The highest BCUT2D eigenvalue weighted by atomic mass is 35.5. The van der Waals surface area contributed by atoms with Crippen molar-refractivity contribution in [2.45, 2.75) is 38.3 Å². The molecular weight excluding hydrogens is 375 g/mol. The van der Waals surface area contributed by atoms with Gasteiger partial charge in [-0.2, -0.15) is 0 Å². The number of nitrogens with zero attached hydrogens (tertiary/aromatic N) is 1. The Kier molecular flexibility index (Phi) is 6.87. The molecule has 0 aliphatic carbocycles. The molecule has 0 bridgehead atoms. The minimum absolute atomic E-state index is 0.0892. The van der Waals surface area contributed by atoms with Gasteiger partial charge in [-0.25, -0.2) is 4.39 Å². The molecule has 1 heterocycles. The Bertz CT molecular complexity index is 840. The normalized spacial score (nSPS) is 18.5. The van der Waals surface area contributed by atoms with E-state index in [0.717, 1.165) is 37.9 Å². The number of carbonyl (C=O) groups excluding carboxylic acids is 1. The first-order valence-corrected chi connectivity index (χ1v) is 10.1. The monoisotopic (exact) mass is 400 g/mol. The van der Waals surface area contributed by atoms with E-state index in [1.54, 1.807) is 13.0 Å². The number of hydrogen-bond acceptors (Lipinski definition) is 2. The highest BCUT2D eigenvalue weighted by molar-refractivity contribution is 6.34. The largest absolute Gasteiger partial charge is 0.344 e. The number of halogens is 2. The van der Waals surface area contributed by atoms with Crippen molar-refractivity contribution in [2.75, 3.05) is 13.1 Å². The van der Waals surface area contributed by atoms with Gasteiger partial charge in [-0.05, 0) is 43.5 Å². The van der Waals surface area contributed by atoms with Gasteiger partial charge in [0.25, 0.3) is 5.91 Å². The maximum absolute atomic E-state index is 14.4. The second kappa shape index (κ2) is 9.35. The Balaban J connectivity index is 1.95. The number of hydrogen-bond donors (Lipinski definition) is 1.